The molecule has 1 atom stereocenters. The van der Waals surface area contributed by atoms with Crippen LogP contribution in [-0.4, -0.2) is 27.9 Å². The molecular formula is C14H16N2O3S. The van der Waals surface area contributed by atoms with Crippen molar-refractivity contribution in [3.05, 3.63) is 34.6 Å². The Morgan fingerprint density at radius 3 is 2.80 bits per heavy atom. The van der Waals surface area contributed by atoms with Crippen LogP contribution in [0.4, 0.5) is 0 Å². The first-order valence-corrected chi connectivity index (χ1v) is 7.20. The van der Waals surface area contributed by atoms with Gasteiger partial charge in [0.1, 0.15) is 5.25 Å². The molecule has 6 heteroatoms. The van der Waals surface area contributed by atoms with E-state index in [4.69, 9.17) is 4.74 Å². The van der Waals surface area contributed by atoms with Crippen molar-refractivity contribution in [2.75, 3.05) is 7.11 Å². The fourth-order valence-corrected chi connectivity index (χ4v) is 2.89. The number of carbonyl (C=O) groups is 1. The summed E-state index contributed by atoms with van der Waals surface area (Å²) in [5.74, 6) is -0.333. The standard InChI is InChI=1S/C14H16N2O3S/c1-4-16-12(17)10-7-5-6-8-11(10)15-14(16)20-9(2)13(18)19-3/h5-9H,4H2,1-3H3/t9-/m1/s1. The quantitative estimate of drug-likeness (QED) is 0.490. The lowest BCUT2D eigenvalue weighted by molar-refractivity contribution is -0.139. The largest absolute Gasteiger partial charge is 0.468 e. The molecule has 0 saturated heterocycles. The highest BCUT2D eigenvalue weighted by atomic mass is 32.2. The summed E-state index contributed by atoms with van der Waals surface area (Å²) in [6.45, 7) is 4.12. The van der Waals surface area contributed by atoms with Crippen LogP contribution < -0.4 is 5.56 Å². The fraction of sp³-hybridized carbons (Fsp3) is 0.357. The zero-order chi connectivity index (χ0) is 14.7. The van der Waals surface area contributed by atoms with Gasteiger partial charge in [0.2, 0.25) is 0 Å². The molecule has 1 aromatic carbocycles. The average molecular weight is 292 g/mol. The average Bonchev–Trinajstić information content (AvgIpc) is 2.46. The van der Waals surface area contributed by atoms with Crippen molar-refractivity contribution in [3.63, 3.8) is 0 Å². The zero-order valence-electron chi connectivity index (χ0n) is 11.6. The molecule has 2 rings (SSSR count). The van der Waals surface area contributed by atoms with E-state index in [-0.39, 0.29) is 11.5 Å². The summed E-state index contributed by atoms with van der Waals surface area (Å²) >= 11 is 1.23. The van der Waals surface area contributed by atoms with Crippen LogP contribution in [0.5, 0.6) is 0 Å². The van der Waals surface area contributed by atoms with E-state index >= 15 is 0 Å². The Hall–Kier alpha value is -1.82. The Morgan fingerprint density at radius 2 is 2.15 bits per heavy atom. The number of hydrogen-bond acceptors (Lipinski definition) is 5. The molecule has 1 heterocycles. The molecule has 0 aliphatic rings. The minimum atomic E-state index is -0.411. The van der Waals surface area contributed by atoms with Gasteiger partial charge in [0.15, 0.2) is 5.16 Å². The SMILES string of the molecule is CCn1c(S[C@H](C)C(=O)OC)nc2ccccc2c1=O. The van der Waals surface area contributed by atoms with Crippen molar-refractivity contribution in [2.24, 2.45) is 0 Å². The van der Waals surface area contributed by atoms with Gasteiger partial charge in [-0.25, -0.2) is 4.98 Å². The molecule has 20 heavy (non-hydrogen) atoms. The molecule has 0 bridgehead atoms. The number of nitrogens with zero attached hydrogens (tertiary/aromatic N) is 2. The molecule has 2 aromatic rings. The van der Waals surface area contributed by atoms with Gasteiger partial charge in [0.05, 0.1) is 18.0 Å². The lowest BCUT2D eigenvalue weighted by Gasteiger charge is -2.13. The number of benzene rings is 1. The minimum absolute atomic E-state index is 0.0855. The number of fused-ring (bicyclic) bond motifs is 1. The predicted molar refractivity (Wildman–Crippen MR) is 79.0 cm³/mol. The number of aromatic nitrogens is 2. The van der Waals surface area contributed by atoms with E-state index in [2.05, 4.69) is 4.98 Å². The van der Waals surface area contributed by atoms with Crippen LogP contribution in [0.25, 0.3) is 10.9 Å². The molecule has 106 valence electrons. The van der Waals surface area contributed by atoms with Gasteiger partial charge in [-0.1, -0.05) is 23.9 Å². The zero-order valence-corrected chi connectivity index (χ0v) is 12.4. The first-order chi connectivity index (χ1) is 9.58. The van der Waals surface area contributed by atoms with Gasteiger partial charge in [-0.2, -0.15) is 0 Å². The third kappa shape index (κ3) is 2.70. The van der Waals surface area contributed by atoms with Crippen molar-refractivity contribution in [1.82, 2.24) is 9.55 Å². The maximum absolute atomic E-state index is 12.4. The summed E-state index contributed by atoms with van der Waals surface area (Å²) in [7, 11) is 1.35. The minimum Gasteiger partial charge on any atom is -0.468 e. The third-order valence-electron chi connectivity index (χ3n) is 2.96. The summed E-state index contributed by atoms with van der Waals surface area (Å²) in [6.07, 6.45) is 0. The number of para-hydroxylation sites is 1. The molecule has 5 nitrogen and oxygen atoms in total. The Morgan fingerprint density at radius 1 is 1.45 bits per heavy atom. The summed E-state index contributed by atoms with van der Waals surface area (Å²) in [6, 6.07) is 7.21. The van der Waals surface area contributed by atoms with Crippen LogP contribution in [0.15, 0.2) is 34.2 Å². The second-order valence-corrected chi connectivity index (χ2v) is 5.55. The number of rotatable bonds is 4. The van der Waals surface area contributed by atoms with Crippen LogP contribution in [0, 0.1) is 0 Å². The normalized spacial score (nSPS) is 12.3. The van der Waals surface area contributed by atoms with Crippen LogP contribution in [0.2, 0.25) is 0 Å². The predicted octanol–water partition coefficient (Wildman–Crippen LogP) is 2.07. The maximum atomic E-state index is 12.4. The van der Waals surface area contributed by atoms with Gasteiger partial charge in [0, 0.05) is 6.54 Å². The smallest absolute Gasteiger partial charge is 0.318 e. The second kappa shape index (κ2) is 6.09. The first-order valence-electron chi connectivity index (χ1n) is 6.32. The number of carbonyl (C=O) groups excluding carboxylic acids is 1. The topological polar surface area (TPSA) is 61.2 Å². The highest BCUT2D eigenvalue weighted by molar-refractivity contribution is 8.00. The van der Waals surface area contributed by atoms with Gasteiger partial charge < -0.3 is 4.74 Å². The van der Waals surface area contributed by atoms with Crippen LogP contribution >= 0.6 is 11.8 Å². The molecule has 1 aromatic heterocycles. The van der Waals surface area contributed by atoms with Gasteiger partial charge in [0.25, 0.3) is 5.56 Å². The van der Waals surface area contributed by atoms with Gasteiger partial charge in [-0.15, -0.1) is 0 Å². The van der Waals surface area contributed by atoms with E-state index < -0.39 is 5.25 Å². The Kier molecular flexibility index (Phi) is 4.44. The van der Waals surface area contributed by atoms with Gasteiger partial charge in [-0.3, -0.25) is 14.2 Å². The number of ether oxygens (including phenoxy) is 1. The van der Waals surface area contributed by atoms with E-state index in [9.17, 15) is 9.59 Å². The summed E-state index contributed by atoms with van der Waals surface area (Å²) in [5.41, 5.74) is 0.555. The number of methoxy groups -OCH3 is 1. The summed E-state index contributed by atoms with van der Waals surface area (Å²) in [4.78, 5) is 28.4. The van der Waals surface area contributed by atoms with E-state index in [1.165, 1.54) is 18.9 Å². The van der Waals surface area contributed by atoms with Crippen molar-refractivity contribution < 1.29 is 9.53 Å². The van der Waals surface area contributed by atoms with Gasteiger partial charge >= 0.3 is 5.97 Å². The Balaban J connectivity index is 2.52. The van der Waals surface area contributed by atoms with Crippen molar-refractivity contribution >= 4 is 28.6 Å². The van der Waals surface area contributed by atoms with Crippen LogP contribution in [0.1, 0.15) is 13.8 Å². The third-order valence-corrected chi connectivity index (χ3v) is 4.03. The molecule has 0 saturated carbocycles. The second-order valence-electron chi connectivity index (χ2n) is 4.24. The molecule has 0 aliphatic carbocycles. The number of thioether (sulfide) groups is 1. The Bertz CT molecular complexity index is 696. The molecule has 0 fully saturated rings. The molecule has 0 aliphatic heterocycles. The molecule has 0 N–H and O–H groups in total. The lowest BCUT2D eigenvalue weighted by atomic mass is 10.2. The van der Waals surface area contributed by atoms with E-state index in [1.807, 2.05) is 19.1 Å². The van der Waals surface area contributed by atoms with E-state index in [0.717, 1.165) is 0 Å². The van der Waals surface area contributed by atoms with Crippen LogP contribution in [-0.2, 0) is 16.1 Å². The number of hydrogen-bond donors (Lipinski definition) is 0. The van der Waals surface area contributed by atoms with Crippen molar-refractivity contribution in [2.45, 2.75) is 30.8 Å². The van der Waals surface area contributed by atoms with Gasteiger partial charge in [-0.05, 0) is 26.0 Å². The monoisotopic (exact) mass is 292 g/mol. The first kappa shape index (κ1) is 14.6. The summed E-state index contributed by atoms with van der Waals surface area (Å²) < 4.78 is 6.28. The number of esters is 1. The maximum Gasteiger partial charge on any atom is 0.318 e. The van der Waals surface area contributed by atoms with Crippen LogP contribution in [0.3, 0.4) is 0 Å². The molecule has 0 unspecified atom stereocenters. The van der Waals surface area contributed by atoms with E-state index in [1.54, 1.807) is 23.6 Å². The van der Waals surface area contributed by atoms with Crippen molar-refractivity contribution in [1.29, 1.82) is 0 Å². The summed E-state index contributed by atoms with van der Waals surface area (Å²) in [5, 5.41) is 0.712. The Labute approximate surface area is 121 Å². The molecule has 0 spiro atoms. The molecule has 0 radical (unpaired) electrons. The fourth-order valence-electron chi connectivity index (χ4n) is 1.89. The van der Waals surface area contributed by atoms with E-state index in [0.29, 0.717) is 22.6 Å². The molecule has 0 amide bonds. The highest BCUT2D eigenvalue weighted by Crippen LogP contribution is 2.23. The lowest BCUT2D eigenvalue weighted by Crippen LogP contribution is -2.24. The van der Waals surface area contributed by atoms with Crippen molar-refractivity contribution in [3.8, 4) is 0 Å². The highest BCUT2D eigenvalue weighted by Gasteiger charge is 2.19. The molecular weight excluding hydrogens is 276 g/mol.